The molecule has 0 aliphatic carbocycles. The summed E-state index contributed by atoms with van der Waals surface area (Å²) in [5.41, 5.74) is 1.18. The average Bonchev–Trinajstić information content (AvgIpc) is 2.54. The van der Waals surface area contributed by atoms with Crippen molar-refractivity contribution in [1.82, 2.24) is 10.6 Å². The molecule has 0 bridgehead atoms. The molecule has 1 unspecified atom stereocenters. The molecule has 1 heterocycles. The van der Waals surface area contributed by atoms with Gasteiger partial charge in [0.2, 0.25) is 0 Å². The van der Waals surface area contributed by atoms with E-state index in [9.17, 15) is 14.9 Å². The molecule has 2 aromatic rings. The van der Waals surface area contributed by atoms with Gasteiger partial charge in [-0.1, -0.05) is 54.1 Å². The lowest BCUT2D eigenvalue weighted by Gasteiger charge is -2.25. The summed E-state index contributed by atoms with van der Waals surface area (Å²) in [5, 5.41) is 17.2. The van der Waals surface area contributed by atoms with E-state index < -0.39 is 17.0 Å². The molecule has 0 fully saturated rings. The highest BCUT2D eigenvalue weighted by atomic mass is 35.5. The normalized spacial score (nSPS) is 17.4. The number of carbonyl (C=O) groups excluding carboxylic acids is 1. The second kappa shape index (κ2) is 6.10. The van der Waals surface area contributed by atoms with Crippen LogP contribution in [0.2, 0.25) is 5.02 Å². The van der Waals surface area contributed by atoms with Crippen molar-refractivity contribution in [2.45, 2.75) is 6.04 Å². The van der Waals surface area contributed by atoms with E-state index in [2.05, 4.69) is 10.6 Å². The van der Waals surface area contributed by atoms with Crippen LogP contribution in [0.15, 0.2) is 60.3 Å². The second-order valence-electron chi connectivity index (χ2n) is 4.97. The highest BCUT2D eigenvalue weighted by Crippen LogP contribution is 2.32. The number of nitrogens with zero attached hydrogens (tertiary/aromatic N) is 1. The van der Waals surface area contributed by atoms with Crippen LogP contribution in [0.5, 0.6) is 0 Å². The molecule has 2 amide bonds. The van der Waals surface area contributed by atoms with E-state index in [1.165, 1.54) is 0 Å². The first-order valence-corrected chi connectivity index (χ1v) is 7.21. The summed E-state index contributed by atoms with van der Waals surface area (Å²) in [7, 11) is 0. The fourth-order valence-corrected chi connectivity index (χ4v) is 2.71. The van der Waals surface area contributed by atoms with Gasteiger partial charge in [0, 0.05) is 10.6 Å². The van der Waals surface area contributed by atoms with Gasteiger partial charge in [0.25, 0.3) is 5.70 Å². The molecule has 1 aliphatic heterocycles. The molecule has 0 aromatic heterocycles. The number of halogens is 1. The monoisotopic (exact) mass is 329 g/mol. The lowest BCUT2D eigenvalue weighted by Crippen LogP contribution is -2.45. The van der Waals surface area contributed by atoms with E-state index in [1.807, 2.05) is 0 Å². The minimum atomic E-state index is -0.882. The van der Waals surface area contributed by atoms with Gasteiger partial charge in [-0.15, -0.1) is 0 Å². The van der Waals surface area contributed by atoms with Gasteiger partial charge in [-0.05, 0) is 17.7 Å². The lowest BCUT2D eigenvalue weighted by atomic mass is 9.98. The van der Waals surface area contributed by atoms with Crippen molar-refractivity contribution in [2.75, 3.05) is 0 Å². The van der Waals surface area contributed by atoms with Crippen molar-refractivity contribution in [3.63, 3.8) is 0 Å². The quantitative estimate of drug-likeness (QED) is 0.669. The van der Waals surface area contributed by atoms with E-state index in [1.54, 1.807) is 54.6 Å². The number of hydrogen-bond donors (Lipinski definition) is 2. The molecular formula is C16H12ClN3O3. The molecule has 2 aromatic carbocycles. The van der Waals surface area contributed by atoms with E-state index >= 15 is 0 Å². The maximum absolute atomic E-state index is 12.0. The van der Waals surface area contributed by atoms with Crippen molar-refractivity contribution >= 4 is 23.3 Å². The van der Waals surface area contributed by atoms with Gasteiger partial charge in [0.1, 0.15) is 11.7 Å². The molecule has 2 N–H and O–H groups in total. The van der Waals surface area contributed by atoms with Crippen LogP contribution in [-0.2, 0) is 0 Å². The second-order valence-corrected chi connectivity index (χ2v) is 5.41. The van der Waals surface area contributed by atoms with Gasteiger partial charge in [-0.25, -0.2) is 4.79 Å². The van der Waals surface area contributed by atoms with Crippen LogP contribution < -0.4 is 10.6 Å². The number of amides is 2. The van der Waals surface area contributed by atoms with Crippen molar-refractivity contribution < 1.29 is 9.72 Å². The van der Waals surface area contributed by atoms with Gasteiger partial charge < -0.3 is 10.6 Å². The smallest absolute Gasteiger partial charge is 0.320 e. The average molecular weight is 330 g/mol. The number of benzene rings is 2. The zero-order valence-electron chi connectivity index (χ0n) is 11.8. The first kappa shape index (κ1) is 15.1. The summed E-state index contributed by atoms with van der Waals surface area (Å²) in [6, 6.07) is 14.0. The molecule has 0 saturated heterocycles. The fourth-order valence-electron chi connectivity index (χ4n) is 2.51. The first-order chi connectivity index (χ1) is 11.1. The molecule has 1 aliphatic rings. The molecule has 0 saturated carbocycles. The third kappa shape index (κ3) is 3.02. The molecule has 0 spiro atoms. The standard InChI is InChI=1S/C16H12ClN3O3/c17-12-8-4-7-11(9-12)14-15(20(22)23)13(18-16(21)19-14)10-5-2-1-3-6-10/h1-9,14H,(H2,18,19,21). The minimum absolute atomic E-state index is 0.127. The van der Waals surface area contributed by atoms with Gasteiger partial charge in [0.05, 0.1) is 4.92 Å². The Labute approximate surface area is 136 Å². The number of nitrogens with one attached hydrogen (secondary N) is 2. The fraction of sp³-hybridized carbons (Fsp3) is 0.0625. The third-order valence-electron chi connectivity index (χ3n) is 3.48. The van der Waals surface area contributed by atoms with Crippen LogP contribution in [0.25, 0.3) is 5.70 Å². The summed E-state index contributed by atoms with van der Waals surface area (Å²) < 4.78 is 0. The summed E-state index contributed by atoms with van der Waals surface area (Å²) in [5.74, 6) is 0. The van der Waals surface area contributed by atoms with Crippen molar-refractivity contribution in [2.24, 2.45) is 0 Å². The van der Waals surface area contributed by atoms with Crippen LogP contribution in [0.1, 0.15) is 17.2 Å². The Morgan fingerprint density at radius 1 is 1.09 bits per heavy atom. The molecule has 116 valence electrons. The molecule has 6 nitrogen and oxygen atoms in total. The summed E-state index contributed by atoms with van der Waals surface area (Å²) in [6.07, 6.45) is 0. The Balaban J connectivity index is 2.18. The van der Waals surface area contributed by atoms with E-state index in [4.69, 9.17) is 11.6 Å². The zero-order chi connectivity index (χ0) is 16.4. The van der Waals surface area contributed by atoms with Crippen LogP contribution in [-0.4, -0.2) is 11.0 Å². The molecular weight excluding hydrogens is 318 g/mol. The largest absolute Gasteiger partial charge is 0.321 e. The molecule has 0 radical (unpaired) electrons. The number of hydrogen-bond acceptors (Lipinski definition) is 3. The predicted octanol–water partition coefficient (Wildman–Crippen LogP) is 3.34. The summed E-state index contributed by atoms with van der Waals surface area (Å²) in [6.45, 7) is 0. The number of nitro groups is 1. The Bertz CT molecular complexity index is 805. The molecule has 7 heteroatoms. The van der Waals surface area contributed by atoms with Gasteiger partial charge in [-0.3, -0.25) is 10.1 Å². The SMILES string of the molecule is O=C1NC(c2ccccc2)=C([N+](=O)[O-])C(c2cccc(Cl)c2)N1. The number of carbonyl (C=O) groups is 1. The van der Waals surface area contributed by atoms with E-state index in [-0.39, 0.29) is 11.4 Å². The topological polar surface area (TPSA) is 84.3 Å². The van der Waals surface area contributed by atoms with Crippen LogP contribution in [0, 0.1) is 10.1 Å². The van der Waals surface area contributed by atoms with Gasteiger partial charge in [0.15, 0.2) is 0 Å². The first-order valence-electron chi connectivity index (χ1n) is 6.83. The van der Waals surface area contributed by atoms with E-state index in [0.29, 0.717) is 16.1 Å². The Morgan fingerprint density at radius 2 is 1.83 bits per heavy atom. The third-order valence-corrected chi connectivity index (χ3v) is 3.72. The van der Waals surface area contributed by atoms with Crippen LogP contribution in [0.4, 0.5) is 4.79 Å². The Hall–Kier alpha value is -2.86. The summed E-state index contributed by atoms with van der Waals surface area (Å²) in [4.78, 5) is 23.1. The maximum atomic E-state index is 12.0. The molecule has 23 heavy (non-hydrogen) atoms. The lowest BCUT2D eigenvalue weighted by molar-refractivity contribution is -0.430. The van der Waals surface area contributed by atoms with Crippen LogP contribution >= 0.6 is 11.6 Å². The zero-order valence-corrected chi connectivity index (χ0v) is 12.6. The predicted molar refractivity (Wildman–Crippen MR) is 86.2 cm³/mol. The molecule has 1 atom stereocenters. The molecule has 3 rings (SSSR count). The van der Waals surface area contributed by atoms with Crippen molar-refractivity contribution in [3.05, 3.63) is 86.6 Å². The van der Waals surface area contributed by atoms with Crippen LogP contribution in [0.3, 0.4) is 0 Å². The van der Waals surface area contributed by atoms with Gasteiger partial charge >= 0.3 is 6.03 Å². The highest BCUT2D eigenvalue weighted by Gasteiger charge is 2.37. The van der Waals surface area contributed by atoms with Crippen molar-refractivity contribution in [1.29, 1.82) is 0 Å². The Morgan fingerprint density at radius 3 is 2.48 bits per heavy atom. The maximum Gasteiger partial charge on any atom is 0.320 e. The van der Waals surface area contributed by atoms with Gasteiger partial charge in [-0.2, -0.15) is 0 Å². The highest BCUT2D eigenvalue weighted by molar-refractivity contribution is 6.30. The Kier molecular flexibility index (Phi) is 3.99. The van der Waals surface area contributed by atoms with E-state index in [0.717, 1.165) is 0 Å². The number of urea groups is 1. The van der Waals surface area contributed by atoms with Crippen molar-refractivity contribution in [3.8, 4) is 0 Å². The summed E-state index contributed by atoms with van der Waals surface area (Å²) >= 11 is 5.97. The minimum Gasteiger partial charge on any atom is -0.321 e. The number of rotatable bonds is 3.